The predicted molar refractivity (Wildman–Crippen MR) is 81.4 cm³/mol. The first kappa shape index (κ1) is 15.4. The molecule has 7 heteroatoms. The molecule has 0 atom stereocenters. The van der Waals surface area contributed by atoms with Gasteiger partial charge in [0.2, 0.25) is 0 Å². The molecule has 0 unspecified atom stereocenters. The molecular weight excluding hydrogens is 288 g/mol. The van der Waals surface area contributed by atoms with Crippen molar-refractivity contribution in [1.82, 2.24) is 15.5 Å². The van der Waals surface area contributed by atoms with Gasteiger partial charge in [-0.05, 0) is 48.9 Å². The quantitative estimate of drug-likeness (QED) is 0.848. The zero-order valence-corrected chi connectivity index (χ0v) is 12.8. The summed E-state index contributed by atoms with van der Waals surface area (Å²) < 4.78 is 27.1. The number of hydrogen-bond donors (Lipinski definition) is 2. The number of aromatic nitrogens is 2. The van der Waals surface area contributed by atoms with E-state index < -0.39 is 10.0 Å². The molecule has 2 rings (SSSR count). The molecule has 1 heterocycles. The Labute approximate surface area is 124 Å². The molecule has 0 fully saturated rings. The van der Waals surface area contributed by atoms with Crippen LogP contribution in [0.4, 0.5) is 5.82 Å². The van der Waals surface area contributed by atoms with E-state index in [2.05, 4.69) is 20.2 Å². The van der Waals surface area contributed by atoms with Gasteiger partial charge in [0.05, 0.1) is 4.90 Å². The van der Waals surface area contributed by atoms with Crippen molar-refractivity contribution in [2.45, 2.75) is 25.3 Å². The van der Waals surface area contributed by atoms with Gasteiger partial charge in [0.25, 0.3) is 10.0 Å². The number of nitrogens with zero attached hydrogens (tertiary/aromatic N) is 2. The van der Waals surface area contributed by atoms with E-state index in [4.69, 9.17) is 0 Å². The Morgan fingerprint density at radius 1 is 1.24 bits per heavy atom. The normalized spacial score (nSPS) is 11.3. The maximum Gasteiger partial charge on any atom is 0.263 e. The second-order valence-electron chi connectivity index (χ2n) is 4.58. The van der Waals surface area contributed by atoms with Gasteiger partial charge in [-0.1, -0.05) is 13.0 Å². The number of benzene rings is 1. The minimum atomic E-state index is -3.66. The highest BCUT2D eigenvalue weighted by Crippen LogP contribution is 2.18. The fourth-order valence-electron chi connectivity index (χ4n) is 1.82. The molecule has 0 amide bonds. The summed E-state index contributed by atoms with van der Waals surface area (Å²) in [5, 5.41) is 10.6. The van der Waals surface area contributed by atoms with Crippen LogP contribution >= 0.6 is 0 Å². The van der Waals surface area contributed by atoms with Crippen LogP contribution in [-0.2, 0) is 16.6 Å². The van der Waals surface area contributed by atoms with Crippen molar-refractivity contribution in [2.75, 3.05) is 11.3 Å². The van der Waals surface area contributed by atoms with E-state index in [-0.39, 0.29) is 10.7 Å². The van der Waals surface area contributed by atoms with E-state index in [1.54, 1.807) is 30.3 Å². The largest absolute Gasteiger partial charge is 0.313 e. The minimum absolute atomic E-state index is 0.200. The molecule has 2 aromatic rings. The summed E-state index contributed by atoms with van der Waals surface area (Å²) in [5.74, 6) is 0.200. The molecule has 0 aliphatic rings. The molecule has 0 spiro atoms. The van der Waals surface area contributed by atoms with Crippen molar-refractivity contribution >= 4 is 15.8 Å². The third-order valence-electron chi connectivity index (χ3n) is 3.01. The lowest BCUT2D eigenvalue weighted by atomic mass is 10.1. The third kappa shape index (κ3) is 3.99. The summed E-state index contributed by atoms with van der Waals surface area (Å²) in [4.78, 5) is 0.214. The Morgan fingerprint density at radius 2 is 2.05 bits per heavy atom. The number of rotatable bonds is 6. The van der Waals surface area contributed by atoms with E-state index >= 15 is 0 Å². The zero-order valence-electron chi connectivity index (χ0n) is 12.0. The topological polar surface area (TPSA) is 84.0 Å². The molecule has 112 valence electrons. The van der Waals surface area contributed by atoms with Crippen molar-refractivity contribution < 1.29 is 8.42 Å². The Bertz CT molecular complexity index is 702. The van der Waals surface area contributed by atoms with Crippen LogP contribution in [-0.4, -0.2) is 25.2 Å². The van der Waals surface area contributed by atoms with Crippen LogP contribution in [0.5, 0.6) is 0 Å². The minimum Gasteiger partial charge on any atom is -0.313 e. The fraction of sp³-hybridized carbons (Fsp3) is 0.286. The highest BCUT2D eigenvalue weighted by Gasteiger charge is 2.16. The number of anilines is 1. The van der Waals surface area contributed by atoms with Gasteiger partial charge in [-0.25, -0.2) is 8.42 Å². The zero-order chi connectivity index (χ0) is 15.3. The maximum absolute atomic E-state index is 12.3. The summed E-state index contributed by atoms with van der Waals surface area (Å²) in [6.45, 7) is 5.43. The van der Waals surface area contributed by atoms with E-state index in [1.807, 2.05) is 13.8 Å². The number of sulfonamides is 1. The Morgan fingerprint density at radius 3 is 2.71 bits per heavy atom. The van der Waals surface area contributed by atoms with Gasteiger partial charge >= 0.3 is 0 Å². The summed E-state index contributed by atoms with van der Waals surface area (Å²) in [6.07, 6.45) is 1.48. The van der Waals surface area contributed by atoms with Gasteiger partial charge in [0, 0.05) is 12.7 Å². The van der Waals surface area contributed by atoms with Gasteiger partial charge in [-0.2, -0.15) is 5.10 Å². The van der Waals surface area contributed by atoms with Gasteiger partial charge in [0.1, 0.15) is 0 Å². The first-order valence-corrected chi connectivity index (χ1v) is 8.12. The average molecular weight is 306 g/mol. The molecule has 0 bridgehead atoms. The summed E-state index contributed by atoms with van der Waals surface area (Å²) in [6, 6.07) is 8.24. The second kappa shape index (κ2) is 6.64. The fourth-order valence-corrected chi connectivity index (χ4v) is 2.86. The standard InChI is InChI=1S/C14H18N4O2S/c1-3-15-10-12-9-13(7-6-11(12)2)21(19,20)18-14-5-4-8-16-17-14/h4-9,15H,3,10H2,1-2H3,(H,17,18). The van der Waals surface area contributed by atoms with Crippen molar-refractivity contribution in [2.24, 2.45) is 0 Å². The summed E-state index contributed by atoms with van der Waals surface area (Å²) in [7, 11) is -3.66. The summed E-state index contributed by atoms with van der Waals surface area (Å²) in [5.41, 5.74) is 2.01. The SMILES string of the molecule is CCNCc1cc(S(=O)(=O)Nc2cccnn2)ccc1C. The lowest BCUT2D eigenvalue weighted by Crippen LogP contribution is -2.16. The van der Waals surface area contributed by atoms with Crippen molar-refractivity contribution in [3.05, 3.63) is 47.7 Å². The van der Waals surface area contributed by atoms with Gasteiger partial charge in [-0.15, -0.1) is 5.10 Å². The van der Waals surface area contributed by atoms with Crippen LogP contribution in [0.15, 0.2) is 41.4 Å². The number of nitrogens with one attached hydrogen (secondary N) is 2. The smallest absolute Gasteiger partial charge is 0.263 e. The van der Waals surface area contributed by atoms with E-state index in [0.717, 1.165) is 17.7 Å². The molecule has 0 aliphatic heterocycles. The lowest BCUT2D eigenvalue weighted by Gasteiger charge is -2.11. The van der Waals surface area contributed by atoms with Gasteiger partial charge in [0.15, 0.2) is 5.82 Å². The van der Waals surface area contributed by atoms with Crippen LogP contribution in [0.2, 0.25) is 0 Å². The van der Waals surface area contributed by atoms with Crippen LogP contribution in [0.3, 0.4) is 0 Å². The van der Waals surface area contributed by atoms with Crippen molar-refractivity contribution in [1.29, 1.82) is 0 Å². The van der Waals surface area contributed by atoms with Gasteiger partial charge in [-0.3, -0.25) is 4.72 Å². The van der Waals surface area contributed by atoms with E-state index in [9.17, 15) is 8.42 Å². The molecule has 2 N–H and O–H groups in total. The lowest BCUT2D eigenvalue weighted by molar-refractivity contribution is 0.600. The van der Waals surface area contributed by atoms with E-state index in [0.29, 0.717) is 6.54 Å². The van der Waals surface area contributed by atoms with Crippen molar-refractivity contribution in [3.8, 4) is 0 Å². The predicted octanol–water partition coefficient (Wildman–Crippen LogP) is 1.70. The maximum atomic E-state index is 12.3. The van der Waals surface area contributed by atoms with E-state index in [1.165, 1.54) is 6.20 Å². The van der Waals surface area contributed by atoms with Crippen LogP contribution in [0, 0.1) is 6.92 Å². The molecule has 1 aromatic heterocycles. The average Bonchev–Trinajstić information content (AvgIpc) is 2.47. The van der Waals surface area contributed by atoms with Crippen LogP contribution in [0.1, 0.15) is 18.1 Å². The number of aryl methyl sites for hydroxylation is 1. The van der Waals surface area contributed by atoms with Crippen molar-refractivity contribution in [3.63, 3.8) is 0 Å². The third-order valence-corrected chi connectivity index (χ3v) is 4.36. The molecule has 0 aliphatic carbocycles. The molecule has 21 heavy (non-hydrogen) atoms. The molecule has 0 radical (unpaired) electrons. The first-order valence-electron chi connectivity index (χ1n) is 6.63. The Balaban J connectivity index is 2.27. The molecule has 1 aromatic carbocycles. The number of hydrogen-bond acceptors (Lipinski definition) is 5. The van der Waals surface area contributed by atoms with Crippen LogP contribution < -0.4 is 10.0 Å². The van der Waals surface area contributed by atoms with Gasteiger partial charge < -0.3 is 5.32 Å². The Kier molecular flexibility index (Phi) is 4.87. The molecule has 0 saturated carbocycles. The second-order valence-corrected chi connectivity index (χ2v) is 6.27. The van der Waals surface area contributed by atoms with Crippen LogP contribution in [0.25, 0.3) is 0 Å². The first-order chi connectivity index (χ1) is 10.0. The Hall–Kier alpha value is -1.99. The highest BCUT2D eigenvalue weighted by atomic mass is 32.2. The summed E-state index contributed by atoms with van der Waals surface area (Å²) >= 11 is 0. The molecule has 6 nitrogen and oxygen atoms in total. The molecule has 0 saturated heterocycles. The highest BCUT2D eigenvalue weighted by molar-refractivity contribution is 7.92. The monoisotopic (exact) mass is 306 g/mol. The molecular formula is C14H18N4O2S.